The molecule has 2 aromatic heterocycles. The van der Waals surface area contributed by atoms with Gasteiger partial charge in [-0.2, -0.15) is 5.10 Å². The Bertz CT molecular complexity index is 1050. The van der Waals surface area contributed by atoms with E-state index in [0.717, 1.165) is 14.4 Å². The number of nitro groups is 1. The minimum atomic E-state index is -0.417. The van der Waals surface area contributed by atoms with Crippen LogP contribution in [0.25, 0.3) is 10.6 Å². The molecule has 0 bridgehead atoms. The van der Waals surface area contributed by atoms with E-state index in [-0.39, 0.29) is 5.69 Å². The molecule has 0 aliphatic carbocycles. The molecule has 1 aromatic carbocycles. The fourth-order valence-corrected chi connectivity index (χ4v) is 4.47. The molecule has 9 heteroatoms. The van der Waals surface area contributed by atoms with Crippen molar-refractivity contribution in [3.63, 3.8) is 0 Å². The van der Waals surface area contributed by atoms with Gasteiger partial charge < -0.3 is 0 Å². The van der Waals surface area contributed by atoms with Crippen molar-refractivity contribution in [1.29, 1.82) is 0 Å². The molecule has 0 radical (unpaired) electrons. The summed E-state index contributed by atoms with van der Waals surface area (Å²) in [5.74, 6) is 0. The van der Waals surface area contributed by atoms with Gasteiger partial charge in [-0.25, -0.2) is 4.68 Å². The molecule has 0 atom stereocenters. The predicted octanol–water partition coefficient (Wildman–Crippen LogP) is 4.92. The first kappa shape index (κ1) is 18.4. The molecule has 0 saturated carbocycles. The maximum absolute atomic E-state index is 11.2. The van der Waals surface area contributed by atoms with E-state index < -0.39 is 4.92 Å². The molecule has 0 aliphatic heterocycles. The van der Waals surface area contributed by atoms with E-state index in [1.807, 2.05) is 17.5 Å². The summed E-state index contributed by atoms with van der Waals surface area (Å²) in [6, 6.07) is 10.5. The van der Waals surface area contributed by atoms with Crippen molar-refractivity contribution in [2.24, 2.45) is 10.1 Å². The van der Waals surface area contributed by atoms with Crippen LogP contribution in [0.5, 0.6) is 0 Å². The maximum Gasteiger partial charge on any atom is 0.278 e. The number of thiophene rings is 1. The highest BCUT2D eigenvalue weighted by atomic mass is 79.9. The molecule has 0 saturated heterocycles. The number of hydrogen-bond donors (Lipinski definition) is 0. The van der Waals surface area contributed by atoms with Gasteiger partial charge in [-0.1, -0.05) is 18.2 Å². The summed E-state index contributed by atoms with van der Waals surface area (Å²) in [7, 11) is 0. The van der Waals surface area contributed by atoms with E-state index >= 15 is 0 Å². The highest BCUT2D eigenvalue weighted by Crippen LogP contribution is 2.31. The summed E-state index contributed by atoms with van der Waals surface area (Å²) in [6.07, 6.45) is 3.20. The second kappa shape index (κ2) is 8.35. The molecule has 2 heterocycles. The fourth-order valence-electron chi connectivity index (χ4n) is 2.17. The molecular formula is C17H13BrN4O2S2. The van der Waals surface area contributed by atoms with E-state index in [1.54, 1.807) is 40.3 Å². The van der Waals surface area contributed by atoms with Crippen molar-refractivity contribution in [2.45, 2.75) is 0 Å². The lowest BCUT2D eigenvalue weighted by Crippen LogP contribution is -2.12. The zero-order valence-electron chi connectivity index (χ0n) is 13.4. The number of rotatable bonds is 6. The normalized spacial score (nSPS) is 12.0. The zero-order chi connectivity index (χ0) is 18.5. The molecule has 0 amide bonds. The van der Waals surface area contributed by atoms with Crippen LogP contribution in [0.4, 0.5) is 5.69 Å². The quantitative estimate of drug-likeness (QED) is 0.232. The van der Waals surface area contributed by atoms with Crippen LogP contribution in [-0.4, -0.2) is 22.4 Å². The number of thiazole rings is 1. The van der Waals surface area contributed by atoms with Gasteiger partial charge in [-0.3, -0.25) is 15.1 Å². The number of benzene rings is 1. The van der Waals surface area contributed by atoms with Gasteiger partial charge in [0.15, 0.2) is 0 Å². The summed E-state index contributed by atoms with van der Waals surface area (Å²) < 4.78 is 2.71. The zero-order valence-corrected chi connectivity index (χ0v) is 16.6. The van der Waals surface area contributed by atoms with Gasteiger partial charge in [0.2, 0.25) is 4.80 Å². The lowest BCUT2D eigenvalue weighted by Gasteiger charge is -2.01. The Morgan fingerprint density at radius 1 is 1.31 bits per heavy atom. The highest BCUT2D eigenvalue weighted by Gasteiger charge is 2.12. The Labute approximate surface area is 165 Å². The monoisotopic (exact) mass is 448 g/mol. The van der Waals surface area contributed by atoms with Crippen molar-refractivity contribution < 1.29 is 4.92 Å². The highest BCUT2D eigenvalue weighted by molar-refractivity contribution is 9.11. The van der Waals surface area contributed by atoms with Crippen LogP contribution >= 0.6 is 38.6 Å². The minimum Gasteiger partial charge on any atom is -0.258 e. The topological polar surface area (TPSA) is 72.8 Å². The first-order valence-electron chi connectivity index (χ1n) is 7.45. The summed E-state index contributed by atoms with van der Waals surface area (Å²) in [5, 5.41) is 17.6. The summed E-state index contributed by atoms with van der Waals surface area (Å²) in [5.41, 5.74) is 1.32. The van der Waals surface area contributed by atoms with Gasteiger partial charge in [0.05, 0.1) is 37.6 Å². The Balaban J connectivity index is 2.10. The van der Waals surface area contributed by atoms with E-state index in [4.69, 9.17) is 0 Å². The average molecular weight is 449 g/mol. The molecule has 3 rings (SSSR count). The Hall–Kier alpha value is -2.36. The number of hydrogen-bond acceptors (Lipinski definition) is 6. The third kappa shape index (κ3) is 4.06. The lowest BCUT2D eigenvalue weighted by molar-refractivity contribution is -0.385. The molecule has 0 N–H and O–H groups in total. The number of halogens is 1. The van der Waals surface area contributed by atoms with E-state index in [9.17, 15) is 10.1 Å². The SMILES string of the molecule is C=CCN=c1scc(-c2ccc(Br)s2)n1/N=C\c1ccccc1[N+](=O)[O-]. The molecule has 26 heavy (non-hydrogen) atoms. The number of nitrogens with zero attached hydrogens (tertiary/aromatic N) is 4. The summed E-state index contributed by atoms with van der Waals surface area (Å²) >= 11 is 6.51. The minimum absolute atomic E-state index is 0.0112. The van der Waals surface area contributed by atoms with Crippen molar-refractivity contribution in [1.82, 2.24) is 4.68 Å². The third-order valence-corrected chi connectivity index (χ3v) is 5.81. The van der Waals surface area contributed by atoms with Crippen molar-refractivity contribution in [2.75, 3.05) is 6.54 Å². The summed E-state index contributed by atoms with van der Waals surface area (Å²) in [6.45, 7) is 4.15. The largest absolute Gasteiger partial charge is 0.278 e. The standard InChI is InChI=1S/C17H13BrN4O2S2/c1-2-9-19-17-21(14(11-25-17)15-7-8-16(18)26-15)20-10-12-5-3-4-6-13(12)22(23)24/h2-8,10-11H,1,9H2/b19-17?,20-10-. The van der Waals surface area contributed by atoms with Crippen LogP contribution in [0, 0.1) is 10.1 Å². The van der Waals surface area contributed by atoms with Crippen LogP contribution in [0.15, 0.2) is 68.3 Å². The van der Waals surface area contributed by atoms with Crippen LogP contribution in [0.3, 0.4) is 0 Å². The number of nitro benzene ring substituents is 1. The van der Waals surface area contributed by atoms with Gasteiger partial charge in [0.1, 0.15) is 0 Å². The van der Waals surface area contributed by atoms with Crippen molar-refractivity contribution in [3.8, 4) is 10.6 Å². The van der Waals surface area contributed by atoms with Gasteiger partial charge in [0, 0.05) is 11.4 Å². The molecule has 6 nitrogen and oxygen atoms in total. The van der Waals surface area contributed by atoms with Gasteiger partial charge in [0.25, 0.3) is 5.69 Å². The lowest BCUT2D eigenvalue weighted by atomic mass is 10.2. The third-order valence-electron chi connectivity index (χ3n) is 3.31. The van der Waals surface area contributed by atoms with Crippen LogP contribution < -0.4 is 4.80 Å². The summed E-state index contributed by atoms with van der Waals surface area (Å²) in [4.78, 5) is 16.9. The van der Waals surface area contributed by atoms with Gasteiger partial charge in [-0.05, 0) is 34.1 Å². The predicted molar refractivity (Wildman–Crippen MR) is 110 cm³/mol. The smallest absolute Gasteiger partial charge is 0.258 e. The van der Waals surface area contributed by atoms with Crippen LogP contribution in [-0.2, 0) is 0 Å². The Morgan fingerprint density at radius 2 is 2.12 bits per heavy atom. The number of aromatic nitrogens is 1. The first-order chi connectivity index (χ1) is 12.6. The average Bonchev–Trinajstić information content (AvgIpc) is 3.24. The van der Waals surface area contributed by atoms with E-state index in [2.05, 4.69) is 32.6 Å². The van der Waals surface area contributed by atoms with Crippen LogP contribution in [0.2, 0.25) is 0 Å². The molecule has 3 aromatic rings. The first-order valence-corrected chi connectivity index (χ1v) is 9.94. The van der Waals surface area contributed by atoms with Gasteiger partial charge >= 0.3 is 0 Å². The molecule has 0 unspecified atom stereocenters. The van der Waals surface area contributed by atoms with Crippen LogP contribution in [0.1, 0.15) is 5.56 Å². The van der Waals surface area contributed by atoms with Gasteiger partial charge in [-0.15, -0.1) is 29.3 Å². The molecule has 0 spiro atoms. The second-order valence-corrected chi connectivity index (χ2v) is 8.31. The Kier molecular flexibility index (Phi) is 5.92. The molecule has 0 fully saturated rings. The van der Waals surface area contributed by atoms with E-state index in [1.165, 1.54) is 23.6 Å². The van der Waals surface area contributed by atoms with Crippen molar-refractivity contribution >= 4 is 50.5 Å². The molecular weight excluding hydrogens is 436 g/mol. The number of para-hydroxylation sites is 1. The van der Waals surface area contributed by atoms with E-state index in [0.29, 0.717) is 16.9 Å². The fraction of sp³-hybridized carbons (Fsp3) is 0.0588. The second-order valence-electron chi connectivity index (χ2n) is 5.01. The van der Waals surface area contributed by atoms with Crippen molar-refractivity contribution in [3.05, 3.63) is 78.7 Å². The Morgan fingerprint density at radius 3 is 2.81 bits per heavy atom. The molecule has 132 valence electrons. The molecule has 0 aliphatic rings. The maximum atomic E-state index is 11.2.